The van der Waals surface area contributed by atoms with Crippen molar-refractivity contribution in [1.29, 1.82) is 0 Å². The van der Waals surface area contributed by atoms with E-state index in [9.17, 15) is 9.59 Å². The van der Waals surface area contributed by atoms with E-state index in [1.807, 2.05) is 42.5 Å². The van der Waals surface area contributed by atoms with Crippen molar-refractivity contribution in [1.82, 2.24) is 5.32 Å². The lowest BCUT2D eigenvalue weighted by Gasteiger charge is -2.18. The van der Waals surface area contributed by atoms with Gasteiger partial charge in [0.25, 0.3) is 0 Å². The third-order valence-corrected chi connectivity index (χ3v) is 3.83. The number of amides is 1. The summed E-state index contributed by atoms with van der Waals surface area (Å²) >= 11 is 0. The van der Waals surface area contributed by atoms with Crippen molar-refractivity contribution in [3.05, 3.63) is 60.2 Å². The third-order valence-electron chi connectivity index (χ3n) is 3.83. The Labute approximate surface area is 142 Å². The lowest BCUT2D eigenvalue weighted by Crippen LogP contribution is -2.44. The quantitative estimate of drug-likeness (QED) is 0.830. The molecular formula is C20H23NO3. The molecule has 2 aromatic carbocycles. The fraction of sp³-hybridized carbons (Fsp3) is 0.300. The van der Waals surface area contributed by atoms with E-state index in [1.54, 1.807) is 13.8 Å². The van der Waals surface area contributed by atoms with Crippen molar-refractivity contribution in [2.24, 2.45) is 5.92 Å². The van der Waals surface area contributed by atoms with Crippen molar-refractivity contribution >= 4 is 11.9 Å². The van der Waals surface area contributed by atoms with E-state index in [0.717, 1.165) is 16.7 Å². The van der Waals surface area contributed by atoms with Crippen LogP contribution in [0.4, 0.5) is 0 Å². The Morgan fingerprint density at radius 2 is 1.54 bits per heavy atom. The molecule has 1 atom stereocenters. The molecule has 0 aliphatic heterocycles. The Kier molecular flexibility index (Phi) is 6.13. The number of esters is 1. The van der Waals surface area contributed by atoms with E-state index in [4.69, 9.17) is 4.74 Å². The largest absolute Gasteiger partial charge is 0.467 e. The van der Waals surface area contributed by atoms with Crippen LogP contribution in [0.15, 0.2) is 54.6 Å². The molecular weight excluding hydrogens is 302 g/mol. The van der Waals surface area contributed by atoms with E-state index < -0.39 is 12.0 Å². The smallest absolute Gasteiger partial charge is 0.328 e. The van der Waals surface area contributed by atoms with Crippen molar-refractivity contribution in [3.63, 3.8) is 0 Å². The van der Waals surface area contributed by atoms with Gasteiger partial charge in [0.05, 0.1) is 7.11 Å². The molecule has 126 valence electrons. The van der Waals surface area contributed by atoms with Gasteiger partial charge in [-0.15, -0.1) is 0 Å². The molecule has 4 nitrogen and oxygen atoms in total. The predicted octanol–water partition coefficient (Wildman–Crippen LogP) is 3.21. The second-order valence-corrected chi connectivity index (χ2v) is 6.01. The second kappa shape index (κ2) is 8.29. The number of nitrogens with one attached hydrogen (secondary N) is 1. The van der Waals surface area contributed by atoms with E-state index in [0.29, 0.717) is 6.42 Å². The summed E-state index contributed by atoms with van der Waals surface area (Å²) in [5.74, 6) is -0.778. The Bertz CT molecular complexity index is 678. The molecule has 0 saturated heterocycles. The summed E-state index contributed by atoms with van der Waals surface area (Å²) in [6.07, 6.45) is 0.403. The van der Waals surface area contributed by atoms with E-state index in [2.05, 4.69) is 17.4 Å². The molecule has 0 unspecified atom stereocenters. The van der Waals surface area contributed by atoms with Gasteiger partial charge in [-0.05, 0) is 16.7 Å². The summed E-state index contributed by atoms with van der Waals surface area (Å²) in [6.45, 7) is 3.58. The minimum Gasteiger partial charge on any atom is -0.467 e. The number of ether oxygens (including phenoxy) is 1. The average molecular weight is 325 g/mol. The number of carbonyl (C=O) groups excluding carboxylic acids is 2. The molecule has 4 heteroatoms. The Morgan fingerprint density at radius 1 is 0.958 bits per heavy atom. The lowest BCUT2D eigenvalue weighted by atomic mass is 10.0. The fourth-order valence-electron chi connectivity index (χ4n) is 2.37. The van der Waals surface area contributed by atoms with Gasteiger partial charge >= 0.3 is 5.97 Å². The van der Waals surface area contributed by atoms with Crippen LogP contribution in [0.3, 0.4) is 0 Å². The second-order valence-electron chi connectivity index (χ2n) is 6.01. The number of hydrogen-bond acceptors (Lipinski definition) is 3. The SMILES string of the molecule is COC(=O)[C@H](Cc1ccc(-c2ccccc2)cc1)NC(=O)C(C)C. The van der Waals surface area contributed by atoms with Gasteiger partial charge in [-0.3, -0.25) is 4.79 Å². The molecule has 0 bridgehead atoms. The number of hydrogen-bond donors (Lipinski definition) is 1. The molecule has 0 fully saturated rings. The van der Waals surface area contributed by atoms with Gasteiger partial charge in [-0.1, -0.05) is 68.4 Å². The summed E-state index contributed by atoms with van der Waals surface area (Å²) in [5, 5.41) is 2.75. The summed E-state index contributed by atoms with van der Waals surface area (Å²) in [5.41, 5.74) is 3.22. The van der Waals surface area contributed by atoms with Crippen LogP contribution in [0, 0.1) is 5.92 Å². The zero-order chi connectivity index (χ0) is 17.5. The van der Waals surface area contributed by atoms with Gasteiger partial charge < -0.3 is 10.1 Å². The maximum atomic E-state index is 11.9. The third kappa shape index (κ3) is 4.69. The first-order valence-corrected chi connectivity index (χ1v) is 8.04. The van der Waals surface area contributed by atoms with Gasteiger partial charge in [0.1, 0.15) is 6.04 Å². The molecule has 24 heavy (non-hydrogen) atoms. The van der Waals surface area contributed by atoms with E-state index >= 15 is 0 Å². The summed E-state index contributed by atoms with van der Waals surface area (Å²) in [7, 11) is 1.33. The molecule has 1 N–H and O–H groups in total. The highest BCUT2D eigenvalue weighted by molar-refractivity contribution is 5.85. The molecule has 0 aliphatic rings. The highest BCUT2D eigenvalue weighted by atomic mass is 16.5. The summed E-state index contributed by atoms with van der Waals surface area (Å²) in [6, 6.07) is 17.4. The van der Waals surface area contributed by atoms with Gasteiger partial charge in [-0.2, -0.15) is 0 Å². The Balaban J connectivity index is 2.11. The lowest BCUT2D eigenvalue weighted by molar-refractivity contribution is -0.145. The van der Waals surface area contributed by atoms with Gasteiger partial charge in [0.2, 0.25) is 5.91 Å². The van der Waals surface area contributed by atoms with E-state index in [-0.39, 0.29) is 11.8 Å². The molecule has 0 spiro atoms. The highest BCUT2D eigenvalue weighted by Crippen LogP contribution is 2.19. The highest BCUT2D eigenvalue weighted by Gasteiger charge is 2.23. The normalized spacial score (nSPS) is 11.8. The first-order chi connectivity index (χ1) is 11.5. The molecule has 0 aromatic heterocycles. The van der Waals surface area contributed by atoms with Crippen LogP contribution in [-0.4, -0.2) is 25.0 Å². The van der Waals surface area contributed by atoms with Gasteiger partial charge in [0.15, 0.2) is 0 Å². The molecule has 0 heterocycles. The van der Waals surface area contributed by atoms with Crippen LogP contribution in [0.5, 0.6) is 0 Å². The van der Waals surface area contributed by atoms with Crippen molar-refractivity contribution in [2.75, 3.05) is 7.11 Å². The van der Waals surface area contributed by atoms with Crippen LogP contribution >= 0.6 is 0 Å². The minimum atomic E-state index is -0.674. The summed E-state index contributed by atoms with van der Waals surface area (Å²) < 4.78 is 4.80. The van der Waals surface area contributed by atoms with Crippen molar-refractivity contribution in [3.8, 4) is 11.1 Å². The predicted molar refractivity (Wildman–Crippen MR) is 94.4 cm³/mol. The molecule has 0 radical (unpaired) electrons. The molecule has 1 amide bonds. The molecule has 2 rings (SSSR count). The summed E-state index contributed by atoms with van der Waals surface area (Å²) in [4.78, 5) is 23.8. The first kappa shape index (κ1) is 17.7. The topological polar surface area (TPSA) is 55.4 Å². The van der Waals surface area contributed by atoms with Crippen LogP contribution in [0.25, 0.3) is 11.1 Å². The van der Waals surface area contributed by atoms with Crippen molar-refractivity contribution in [2.45, 2.75) is 26.3 Å². The molecule has 0 saturated carbocycles. The molecule has 0 aliphatic carbocycles. The molecule has 2 aromatic rings. The van der Waals surface area contributed by atoms with Crippen LogP contribution in [0.1, 0.15) is 19.4 Å². The minimum absolute atomic E-state index is 0.161. The standard InChI is InChI=1S/C20H23NO3/c1-14(2)19(22)21-18(20(23)24-3)13-15-9-11-17(12-10-15)16-7-5-4-6-8-16/h4-12,14,18H,13H2,1-3H3,(H,21,22)/t18-/m0/s1. The van der Waals surface area contributed by atoms with Gasteiger partial charge in [0, 0.05) is 12.3 Å². The fourth-order valence-corrected chi connectivity index (χ4v) is 2.37. The van der Waals surface area contributed by atoms with Gasteiger partial charge in [-0.25, -0.2) is 4.79 Å². The number of benzene rings is 2. The first-order valence-electron chi connectivity index (χ1n) is 8.04. The Hall–Kier alpha value is -2.62. The van der Waals surface area contributed by atoms with Crippen molar-refractivity contribution < 1.29 is 14.3 Å². The number of methoxy groups -OCH3 is 1. The number of rotatable bonds is 6. The number of carbonyl (C=O) groups is 2. The Morgan fingerprint density at radius 3 is 2.08 bits per heavy atom. The average Bonchev–Trinajstić information content (AvgIpc) is 2.61. The van der Waals surface area contributed by atoms with E-state index in [1.165, 1.54) is 7.11 Å². The monoisotopic (exact) mass is 325 g/mol. The van der Waals surface area contributed by atoms with Crippen LogP contribution in [-0.2, 0) is 20.7 Å². The zero-order valence-corrected chi connectivity index (χ0v) is 14.3. The van der Waals surface area contributed by atoms with Crippen LogP contribution < -0.4 is 5.32 Å². The van der Waals surface area contributed by atoms with Crippen LogP contribution in [0.2, 0.25) is 0 Å². The zero-order valence-electron chi connectivity index (χ0n) is 14.3. The maximum absolute atomic E-state index is 11.9. The maximum Gasteiger partial charge on any atom is 0.328 e.